The van der Waals surface area contributed by atoms with E-state index >= 15 is 0 Å². The number of hydrogen-bond acceptors (Lipinski definition) is 6. The van der Waals surface area contributed by atoms with Gasteiger partial charge in [-0.15, -0.1) is 11.3 Å². The lowest BCUT2D eigenvalue weighted by Crippen LogP contribution is -2.53. The van der Waals surface area contributed by atoms with Crippen molar-refractivity contribution in [2.45, 2.75) is 38.1 Å². The van der Waals surface area contributed by atoms with E-state index in [1.807, 2.05) is 31.2 Å². The van der Waals surface area contributed by atoms with Crippen LogP contribution in [0.5, 0.6) is 5.75 Å². The Labute approximate surface area is 156 Å². The van der Waals surface area contributed by atoms with Crippen molar-refractivity contribution in [1.29, 1.82) is 0 Å². The minimum absolute atomic E-state index is 0.314. The number of nitrogens with one attached hydrogen (secondary N) is 1. The van der Waals surface area contributed by atoms with Gasteiger partial charge in [0.15, 0.2) is 0 Å². The van der Waals surface area contributed by atoms with Crippen LogP contribution in [0, 0.1) is 0 Å². The lowest BCUT2D eigenvalue weighted by molar-refractivity contribution is -0.148. The fraction of sp³-hybridized carbons (Fsp3) is 0.421. The van der Waals surface area contributed by atoms with E-state index < -0.39 is 5.54 Å². The topological polar surface area (TPSA) is 77.5 Å². The van der Waals surface area contributed by atoms with Gasteiger partial charge in [0.05, 0.1) is 13.7 Å². The summed E-state index contributed by atoms with van der Waals surface area (Å²) in [7, 11) is 1.35. The smallest absolute Gasteiger partial charge is 0.331 e. The summed E-state index contributed by atoms with van der Waals surface area (Å²) in [6.45, 7) is 2.55. The Morgan fingerprint density at radius 3 is 2.54 bits per heavy atom. The van der Waals surface area contributed by atoms with Crippen molar-refractivity contribution >= 4 is 23.2 Å². The lowest BCUT2D eigenvalue weighted by atomic mass is 9.97. The van der Waals surface area contributed by atoms with Gasteiger partial charge in [0.2, 0.25) is 0 Å². The van der Waals surface area contributed by atoms with E-state index in [9.17, 15) is 9.59 Å². The fourth-order valence-corrected chi connectivity index (χ4v) is 4.01. The number of ether oxygens (including phenoxy) is 2. The molecule has 1 aromatic heterocycles. The minimum Gasteiger partial charge on any atom is -0.494 e. The van der Waals surface area contributed by atoms with Crippen molar-refractivity contribution in [3.8, 4) is 16.3 Å². The van der Waals surface area contributed by atoms with Crippen LogP contribution in [0.2, 0.25) is 0 Å². The van der Waals surface area contributed by atoms with Crippen molar-refractivity contribution in [2.24, 2.45) is 0 Å². The van der Waals surface area contributed by atoms with Gasteiger partial charge in [-0.1, -0.05) is 12.8 Å². The third-order valence-electron chi connectivity index (χ3n) is 4.54. The molecule has 26 heavy (non-hydrogen) atoms. The molecular weight excluding hydrogens is 352 g/mol. The summed E-state index contributed by atoms with van der Waals surface area (Å²) in [4.78, 5) is 29.2. The zero-order chi connectivity index (χ0) is 18.6. The number of esters is 1. The molecule has 1 saturated carbocycles. The first-order chi connectivity index (χ1) is 12.6. The molecule has 0 aliphatic heterocycles. The average Bonchev–Trinajstić information content (AvgIpc) is 3.32. The molecule has 1 amide bonds. The number of carbonyl (C=O) groups is 2. The number of amides is 1. The molecule has 1 aliphatic rings. The van der Waals surface area contributed by atoms with Crippen molar-refractivity contribution in [3.63, 3.8) is 0 Å². The highest BCUT2D eigenvalue weighted by atomic mass is 32.1. The Bertz CT molecular complexity index is 779. The van der Waals surface area contributed by atoms with Crippen LogP contribution in [0.1, 0.15) is 43.1 Å². The number of methoxy groups -OCH3 is 1. The molecule has 1 fully saturated rings. The molecule has 0 atom stereocenters. The van der Waals surface area contributed by atoms with Crippen LogP contribution in [0.25, 0.3) is 10.6 Å². The first kappa shape index (κ1) is 18.4. The highest BCUT2D eigenvalue weighted by Gasteiger charge is 2.44. The number of aromatic nitrogens is 1. The second-order valence-corrected chi connectivity index (χ2v) is 7.09. The van der Waals surface area contributed by atoms with Crippen LogP contribution < -0.4 is 10.1 Å². The Morgan fingerprint density at radius 2 is 1.92 bits per heavy atom. The maximum absolute atomic E-state index is 12.6. The molecule has 1 heterocycles. The van der Waals surface area contributed by atoms with Gasteiger partial charge in [-0.2, -0.15) is 0 Å². The molecule has 2 aromatic rings. The summed E-state index contributed by atoms with van der Waals surface area (Å²) >= 11 is 1.39. The number of benzene rings is 1. The first-order valence-corrected chi connectivity index (χ1v) is 9.55. The van der Waals surface area contributed by atoms with Gasteiger partial charge >= 0.3 is 5.97 Å². The predicted molar refractivity (Wildman–Crippen MR) is 99.4 cm³/mol. The highest BCUT2D eigenvalue weighted by molar-refractivity contribution is 7.13. The van der Waals surface area contributed by atoms with Crippen LogP contribution in [0.15, 0.2) is 29.6 Å². The van der Waals surface area contributed by atoms with Gasteiger partial charge in [0.25, 0.3) is 5.91 Å². The zero-order valence-corrected chi connectivity index (χ0v) is 15.7. The second kappa shape index (κ2) is 7.86. The van der Waals surface area contributed by atoms with Gasteiger partial charge in [-0.05, 0) is 44.0 Å². The van der Waals surface area contributed by atoms with Crippen molar-refractivity contribution < 1.29 is 19.1 Å². The molecule has 0 unspecified atom stereocenters. The van der Waals surface area contributed by atoms with E-state index in [2.05, 4.69) is 10.3 Å². The highest BCUT2D eigenvalue weighted by Crippen LogP contribution is 2.32. The van der Waals surface area contributed by atoms with E-state index in [1.165, 1.54) is 18.4 Å². The summed E-state index contributed by atoms with van der Waals surface area (Å²) in [5, 5.41) is 5.32. The SMILES string of the molecule is CCOc1ccc(-c2nc(C(=O)NC3(C(=O)OC)CCCC3)cs2)cc1. The van der Waals surface area contributed by atoms with Crippen molar-refractivity contribution in [1.82, 2.24) is 10.3 Å². The molecule has 3 rings (SSSR count). The Hall–Kier alpha value is -2.41. The van der Waals surface area contributed by atoms with Crippen molar-refractivity contribution in [2.75, 3.05) is 13.7 Å². The maximum Gasteiger partial charge on any atom is 0.331 e. The molecule has 138 valence electrons. The molecule has 6 nitrogen and oxygen atoms in total. The quantitative estimate of drug-likeness (QED) is 0.784. The molecule has 0 radical (unpaired) electrons. The Morgan fingerprint density at radius 1 is 1.23 bits per heavy atom. The maximum atomic E-state index is 12.6. The number of nitrogens with zero attached hydrogens (tertiary/aromatic N) is 1. The van der Waals surface area contributed by atoms with E-state index in [-0.39, 0.29) is 11.9 Å². The van der Waals surface area contributed by atoms with Crippen LogP contribution >= 0.6 is 11.3 Å². The fourth-order valence-electron chi connectivity index (χ4n) is 3.21. The number of carbonyl (C=O) groups excluding carboxylic acids is 2. The number of thiazole rings is 1. The third kappa shape index (κ3) is 3.72. The zero-order valence-electron chi connectivity index (χ0n) is 14.9. The van der Waals surface area contributed by atoms with E-state index in [4.69, 9.17) is 9.47 Å². The van der Waals surface area contributed by atoms with E-state index in [0.717, 1.165) is 29.2 Å². The summed E-state index contributed by atoms with van der Waals surface area (Å²) < 4.78 is 10.3. The molecule has 0 saturated heterocycles. The van der Waals surface area contributed by atoms with Crippen LogP contribution in [0.3, 0.4) is 0 Å². The summed E-state index contributed by atoms with van der Waals surface area (Å²) in [5.41, 5.74) is 0.310. The second-order valence-electron chi connectivity index (χ2n) is 6.23. The number of hydrogen-bond donors (Lipinski definition) is 1. The molecular formula is C19H22N2O4S. The molecule has 7 heteroatoms. The third-order valence-corrected chi connectivity index (χ3v) is 5.43. The first-order valence-electron chi connectivity index (χ1n) is 8.67. The standard InChI is InChI=1S/C19H22N2O4S/c1-3-25-14-8-6-13(7-9-14)17-20-15(12-26-17)16(22)21-19(18(23)24-2)10-4-5-11-19/h6-9,12H,3-5,10-11H2,1-2H3,(H,21,22). The Balaban J connectivity index is 1.74. The Kier molecular flexibility index (Phi) is 5.56. The van der Waals surface area contributed by atoms with Gasteiger partial charge in [0.1, 0.15) is 22.0 Å². The normalized spacial score (nSPS) is 15.5. The van der Waals surface area contributed by atoms with E-state index in [1.54, 1.807) is 5.38 Å². The molecule has 1 aromatic carbocycles. The molecule has 0 bridgehead atoms. The molecule has 1 aliphatic carbocycles. The van der Waals surface area contributed by atoms with Gasteiger partial charge < -0.3 is 14.8 Å². The largest absolute Gasteiger partial charge is 0.494 e. The molecule has 0 spiro atoms. The lowest BCUT2D eigenvalue weighted by Gasteiger charge is -2.26. The van der Waals surface area contributed by atoms with Gasteiger partial charge in [0, 0.05) is 10.9 Å². The summed E-state index contributed by atoms with van der Waals surface area (Å²) in [6, 6.07) is 7.59. The number of rotatable bonds is 6. The summed E-state index contributed by atoms with van der Waals surface area (Å²) in [6.07, 6.45) is 2.98. The van der Waals surface area contributed by atoms with E-state index in [0.29, 0.717) is 25.1 Å². The predicted octanol–water partition coefficient (Wildman–Crippen LogP) is 3.42. The van der Waals surface area contributed by atoms with Gasteiger partial charge in [-0.3, -0.25) is 4.79 Å². The van der Waals surface area contributed by atoms with Crippen molar-refractivity contribution in [3.05, 3.63) is 35.3 Å². The molecule has 1 N–H and O–H groups in total. The van der Waals surface area contributed by atoms with Gasteiger partial charge in [-0.25, -0.2) is 9.78 Å². The average molecular weight is 374 g/mol. The van der Waals surface area contributed by atoms with Crippen LogP contribution in [-0.4, -0.2) is 36.1 Å². The summed E-state index contributed by atoms with van der Waals surface area (Å²) in [5.74, 6) is 0.0723. The monoisotopic (exact) mass is 374 g/mol. The minimum atomic E-state index is -0.922. The van der Waals surface area contributed by atoms with Crippen LogP contribution in [0.4, 0.5) is 0 Å². The van der Waals surface area contributed by atoms with Crippen LogP contribution in [-0.2, 0) is 9.53 Å².